The number of halogens is 1. The minimum Gasteiger partial charge on any atom is -0.384 e. The zero-order valence-electron chi connectivity index (χ0n) is 10.0. The van der Waals surface area contributed by atoms with Crippen LogP contribution in [0.2, 0.25) is 0 Å². The van der Waals surface area contributed by atoms with Crippen molar-refractivity contribution in [1.82, 2.24) is 9.97 Å². The highest BCUT2D eigenvalue weighted by atomic mass is 79.9. The summed E-state index contributed by atoms with van der Waals surface area (Å²) < 4.78 is 0.772. The van der Waals surface area contributed by atoms with Crippen LogP contribution >= 0.6 is 27.3 Å². The molecular formula is C13H11BrN2O2S. The monoisotopic (exact) mass is 338 g/mol. The van der Waals surface area contributed by atoms with Crippen molar-refractivity contribution in [2.24, 2.45) is 0 Å². The molecule has 0 aliphatic carbocycles. The summed E-state index contributed by atoms with van der Waals surface area (Å²) in [5.41, 5.74) is 3.85. The van der Waals surface area contributed by atoms with E-state index in [1.165, 1.54) is 0 Å². The van der Waals surface area contributed by atoms with Crippen molar-refractivity contribution in [1.29, 1.82) is 0 Å². The summed E-state index contributed by atoms with van der Waals surface area (Å²) in [6, 6.07) is 3.59. The Bertz CT molecular complexity index is 802. The van der Waals surface area contributed by atoms with Gasteiger partial charge in [0.15, 0.2) is 0 Å². The Balaban J connectivity index is 2.16. The number of aliphatic hydroxyl groups excluding tert-OH is 1. The number of hydrogen-bond donors (Lipinski definition) is 3. The molecule has 1 unspecified atom stereocenters. The Morgan fingerprint density at radius 2 is 1.89 bits per heavy atom. The lowest BCUT2D eigenvalue weighted by atomic mass is 10.0. The van der Waals surface area contributed by atoms with Crippen LogP contribution in [0.5, 0.6) is 0 Å². The van der Waals surface area contributed by atoms with E-state index in [-0.39, 0.29) is 5.69 Å². The summed E-state index contributed by atoms with van der Waals surface area (Å²) in [6.45, 7) is 1.97. The molecule has 98 valence electrons. The standard InChI is InChI=1S/C13H11BrN2O2S/c1-6-4-19-5-8(6)12(17)7-2-10-11(3-9(7)14)16-13(18)15-10/h2-5,12,17H,1H3,(H2,15,16,18). The van der Waals surface area contributed by atoms with Gasteiger partial charge in [-0.2, -0.15) is 11.3 Å². The van der Waals surface area contributed by atoms with Crippen molar-refractivity contribution in [2.75, 3.05) is 0 Å². The first kappa shape index (κ1) is 12.7. The molecule has 0 fully saturated rings. The fourth-order valence-corrected chi connectivity index (χ4v) is 3.53. The Kier molecular flexibility index (Phi) is 3.08. The first-order valence-electron chi connectivity index (χ1n) is 5.68. The van der Waals surface area contributed by atoms with Crippen molar-refractivity contribution in [3.63, 3.8) is 0 Å². The molecule has 2 aromatic heterocycles. The normalized spacial score (nSPS) is 13.0. The van der Waals surface area contributed by atoms with Crippen LogP contribution in [0.25, 0.3) is 11.0 Å². The van der Waals surface area contributed by atoms with Crippen molar-refractivity contribution in [3.8, 4) is 0 Å². The lowest BCUT2D eigenvalue weighted by molar-refractivity contribution is 0.219. The number of H-pyrrole nitrogens is 2. The second kappa shape index (κ2) is 4.63. The van der Waals surface area contributed by atoms with Gasteiger partial charge in [0, 0.05) is 10.0 Å². The van der Waals surface area contributed by atoms with Crippen LogP contribution in [-0.2, 0) is 0 Å². The molecule has 0 spiro atoms. The van der Waals surface area contributed by atoms with Gasteiger partial charge in [-0.25, -0.2) is 4.79 Å². The van der Waals surface area contributed by atoms with Crippen molar-refractivity contribution >= 4 is 38.3 Å². The SMILES string of the molecule is Cc1cscc1C(O)c1cc2[nH]c(=O)[nH]c2cc1Br. The summed E-state index contributed by atoms with van der Waals surface area (Å²) in [7, 11) is 0. The topological polar surface area (TPSA) is 68.9 Å². The van der Waals surface area contributed by atoms with E-state index in [1.54, 1.807) is 23.5 Å². The molecule has 19 heavy (non-hydrogen) atoms. The van der Waals surface area contributed by atoms with E-state index in [0.29, 0.717) is 5.52 Å². The molecule has 3 N–H and O–H groups in total. The molecule has 0 amide bonds. The van der Waals surface area contributed by atoms with Gasteiger partial charge in [-0.05, 0) is 40.9 Å². The average molecular weight is 339 g/mol. The maximum absolute atomic E-state index is 11.3. The summed E-state index contributed by atoms with van der Waals surface area (Å²) in [4.78, 5) is 16.7. The zero-order valence-corrected chi connectivity index (χ0v) is 12.4. The van der Waals surface area contributed by atoms with Crippen LogP contribution in [0.3, 0.4) is 0 Å². The molecular weight excluding hydrogens is 328 g/mol. The summed E-state index contributed by atoms with van der Waals surface area (Å²) >= 11 is 5.01. The molecule has 2 heterocycles. The summed E-state index contributed by atoms with van der Waals surface area (Å²) in [6.07, 6.45) is -0.705. The van der Waals surface area contributed by atoms with E-state index >= 15 is 0 Å². The first-order chi connectivity index (χ1) is 9.06. The molecule has 0 radical (unpaired) electrons. The largest absolute Gasteiger partial charge is 0.384 e. The Labute approximate surface area is 121 Å². The van der Waals surface area contributed by atoms with Gasteiger partial charge in [-0.1, -0.05) is 15.9 Å². The minimum atomic E-state index is -0.705. The number of benzene rings is 1. The van der Waals surface area contributed by atoms with Gasteiger partial charge in [0.2, 0.25) is 0 Å². The van der Waals surface area contributed by atoms with Gasteiger partial charge < -0.3 is 15.1 Å². The Morgan fingerprint density at radius 3 is 2.53 bits per heavy atom. The maximum Gasteiger partial charge on any atom is 0.323 e. The molecule has 3 aromatic rings. The number of nitrogens with one attached hydrogen (secondary N) is 2. The van der Waals surface area contributed by atoms with E-state index in [1.807, 2.05) is 17.7 Å². The second-order valence-electron chi connectivity index (χ2n) is 4.41. The van der Waals surface area contributed by atoms with Crippen LogP contribution in [0, 0.1) is 6.92 Å². The van der Waals surface area contributed by atoms with Gasteiger partial charge >= 0.3 is 5.69 Å². The molecule has 0 aliphatic heterocycles. The molecule has 0 saturated heterocycles. The Morgan fingerprint density at radius 1 is 1.21 bits per heavy atom. The lowest BCUT2D eigenvalue weighted by Gasteiger charge is -2.13. The number of thiophene rings is 1. The third kappa shape index (κ3) is 2.16. The fourth-order valence-electron chi connectivity index (χ4n) is 2.10. The van der Waals surface area contributed by atoms with E-state index < -0.39 is 6.10 Å². The van der Waals surface area contributed by atoms with E-state index in [2.05, 4.69) is 25.9 Å². The molecule has 0 aliphatic rings. The van der Waals surface area contributed by atoms with Gasteiger partial charge in [0.25, 0.3) is 0 Å². The van der Waals surface area contributed by atoms with Gasteiger partial charge in [-0.3, -0.25) is 0 Å². The lowest BCUT2D eigenvalue weighted by Crippen LogP contribution is -2.01. The number of hydrogen-bond acceptors (Lipinski definition) is 3. The second-order valence-corrected chi connectivity index (χ2v) is 6.01. The number of aromatic amines is 2. The molecule has 0 bridgehead atoms. The van der Waals surface area contributed by atoms with Gasteiger partial charge in [-0.15, -0.1) is 0 Å². The highest BCUT2D eigenvalue weighted by Gasteiger charge is 2.17. The number of aliphatic hydroxyl groups is 1. The summed E-state index contributed by atoms with van der Waals surface area (Å²) in [5.74, 6) is 0. The molecule has 6 heteroatoms. The Hall–Kier alpha value is -1.37. The van der Waals surface area contributed by atoms with Gasteiger partial charge in [0.05, 0.1) is 11.0 Å². The van der Waals surface area contributed by atoms with Crippen LogP contribution < -0.4 is 5.69 Å². The maximum atomic E-state index is 11.3. The number of fused-ring (bicyclic) bond motifs is 1. The van der Waals surface area contributed by atoms with Crippen LogP contribution in [0.15, 0.2) is 32.2 Å². The van der Waals surface area contributed by atoms with E-state index in [0.717, 1.165) is 26.7 Å². The molecule has 0 saturated carbocycles. The third-order valence-corrected chi connectivity index (χ3v) is 4.68. The molecule has 4 nitrogen and oxygen atoms in total. The molecule has 3 rings (SSSR count). The highest BCUT2D eigenvalue weighted by Crippen LogP contribution is 2.33. The average Bonchev–Trinajstić information content (AvgIpc) is 2.92. The van der Waals surface area contributed by atoms with Crippen molar-refractivity contribution in [3.05, 3.63) is 54.5 Å². The smallest absolute Gasteiger partial charge is 0.323 e. The number of aromatic nitrogens is 2. The predicted molar refractivity (Wildman–Crippen MR) is 79.7 cm³/mol. The molecule has 1 aromatic carbocycles. The number of rotatable bonds is 2. The zero-order chi connectivity index (χ0) is 13.6. The van der Waals surface area contributed by atoms with Crippen molar-refractivity contribution in [2.45, 2.75) is 13.0 Å². The van der Waals surface area contributed by atoms with Crippen LogP contribution in [0.1, 0.15) is 22.8 Å². The van der Waals surface area contributed by atoms with Crippen molar-refractivity contribution < 1.29 is 5.11 Å². The third-order valence-electron chi connectivity index (χ3n) is 3.12. The number of imidazole rings is 1. The number of aryl methyl sites for hydroxylation is 1. The van der Waals surface area contributed by atoms with Crippen LogP contribution in [-0.4, -0.2) is 15.1 Å². The fraction of sp³-hybridized carbons (Fsp3) is 0.154. The predicted octanol–water partition coefficient (Wildman–Crippen LogP) is 3.07. The van der Waals surface area contributed by atoms with Gasteiger partial charge in [0.1, 0.15) is 6.10 Å². The first-order valence-corrected chi connectivity index (χ1v) is 7.42. The van der Waals surface area contributed by atoms with E-state index in [4.69, 9.17) is 0 Å². The van der Waals surface area contributed by atoms with E-state index in [9.17, 15) is 9.90 Å². The summed E-state index contributed by atoms with van der Waals surface area (Å²) in [5, 5.41) is 14.4. The quantitative estimate of drug-likeness (QED) is 0.672. The molecule has 1 atom stereocenters. The highest BCUT2D eigenvalue weighted by molar-refractivity contribution is 9.10. The minimum absolute atomic E-state index is 0.250. The van der Waals surface area contributed by atoms with Crippen LogP contribution in [0.4, 0.5) is 0 Å².